The second kappa shape index (κ2) is 11.0. The van der Waals surface area contributed by atoms with Crippen LogP contribution >= 0.6 is 0 Å². The van der Waals surface area contributed by atoms with Crippen LogP contribution < -0.4 is 14.2 Å². The molecule has 1 aromatic heterocycles. The van der Waals surface area contributed by atoms with Gasteiger partial charge in [0.05, 0.1) is 18.4 Å². The van der Waals surface area contributed by atoms with Crippen molar-refractivity contribution < 1.29 is 28.3 Å². The topological polar surface area (TPSA) is 80.0 Å². The third-order valence-electron chi connectivity index (χ3n) is 4.74. The van der Waals surface area contributed by atoms with E-state index in [4.69, 9.17) is 23.5 Å². The van der Waals surface area contributed by atoms with Crippen molar-refractivity contribution in [3.8, 4) is 17.2 Å². The summed E-state index contributed by atoms with van der Waals surface area (Å²) in [5, 5.41) is 3.92. The summed E-state index contributed by atoms with van der Waals surface area (Å²) in [7, 11) is 1.56. The summed E-state index contributed by atoms with van der Waals surface area (Å²) >= 11 is 0. The van der Waals surface area contributed by atoms with E-state index in [0.29, 0.717) is 18.1 Å². The van der Waals surface area contributed by atoms with Crippen LogP contribution in [0.2, 0.25) is 0 Å². The SMILES string of the molecule is COc1cc(/C=C/C(=O)OCCOc2cccc(C)c2)ccc1OCc1c(C)noc1C. The highest BCUT2D eigenvalue weighted by Gasteiger charge is 2.12. The minimum atomic E-state index is -0.449. The smallest absolute Gasteiger partial charge is 0.330 e. The molecule has 168 valence electrons. The highest BCUT2D eigenvalue weighted by Crippen LogP contribution is 2.30. The highest BCUT2D eigenvalue weighted by atomic mass is 16.6. The predicted molar refractivity (Wildman–Crippen MR) is 120 cm³/mol. The molecule has 2 aromatic carbocycles. The lowest BCUT2D eigenvalue weighted by molar-refractivity contribution is -0.138. The van der Waals surface area contributed by atoms with Gasteiger partial charge in [0.15, 0.2) is 11.5 Å². The van der Waals surface area contributed by atoms with E-state index in [1.54, 1.807) is 25.3 Å². The van der Waals surface area contributed by atoms with Gasteiger partial charge in [0.2, 0.25) is 0 Å². The monoisotopic (exact) mass is 437 g/mol. The van der Waals surface area contributed by atoms with Gasteiger partial charge >= 0.3 is 5.97 Å². The second-order valence-corrected chi connectivity index (χ2v) is 7.17. The lowest BCUT2D eigenvalue weighted by Gasteiger charge is -2.11. The van der Waals surface area contributed by atoms with Crippen LogP contribution in [0.15, 0.2) is 53.1 Å². The summed E-state index contributed by atoms with van der Waals surface area (Å²) in [6.45, 7) is 6.47. The Balaban J connectivity index is 1.49. The van der Waals surface area contributed by atoms with Gasteiger partial charge in [-0.15, -0.1) is 0 Å². The summed E-state index contributed by atoms with van der Waals surface area (Å²) in [4.78, 5) is 12.0. The van der Waals surface area contributed by atoms with Gasteiger partial charge in [-0.05, 0) is 62.2 Å². The maximum absolute atomic E-state index is 12.0. The summed E-state index contributed by atoms with van der Waals surface area (Å²) in [5.74, 6) is 2.17. The lowest BCUT2D eigenvalue weighted by Crippen LogP contribution is -2.10. The van der Waals surface area contributed by atoms with Crippen molar-refractivity contribution in [3.05, 3.63) is 76.7 Å². The molecule has 0 N–H and O–H groups in total. The molecular formula is C25H27NO6. The first-order valence-corrected chi connectivity index (χ1v) is 10.2. The fourth-order valence-corrected chi connectivity index (χ4v) is 2.98. The number of ether oxygens (including phenoxy) is 4. The van der Waals surface area contributed by atoms with Crippen LogP contribution in [-0.2, 0) is 16.1 Å². The summed E-state index contributed by atoms with van der Waals surface area (Å²) in [6.07, 6.45) is 3.02. The largest absolute Gasteiger partial charge is 0.493 e. The fraction of sp³-hybridized carbons (Fsp3) is 0.280. The molecule has 0 aliphatic carbocycles. The number of nitrogens with zero attached hydrogens (tertiary/aromatic N) is 1. The molecule has 3 aromatic rings. The quantitative estimate of drug-likeness (QED) is 0.255. The zero-order valence-electron chi connectivity index (χ0n) is 18.7. The van der Waals surface area contributed by atoms with Gasteiger partial charge < -0.3 is 23.5 Å². The van der Waals surface area contributed by atoms with E-state index in [-0.39, 0.29) is 13.2 Å². The zero-order chi connectivity index (χ0) is 22.9. The van der Waals surface area contributed by atoms with E-state index >= 15 is 0 Å². The lowest BCUT2D eigenvalue weighted by atomic mass is 10.2. The maximum atomic E-state index is 12.0. The Labute approximate surface area is 187 Å². The Morgan fingerprint density at radius 2 is 1.88 bits per heavy atom. The van der Waals surface area contributed by atoms with Gasteiger partial charge in [0.25, 0.3) is 0 Å². The highest BCUT2D eigenvalue weighted by molar-refractivity contribution is 5.87. The third kappa shape index (κ3) is 6.38. The van der Waals surface area contributed by atoms with Crippen molar-refractivity contribution in [2.75, 3.05) is 20.3 Å². The first-order valence-electron chi connectivity index (χ1n) is 10.2. The molecule has 0 bridgehead atoms. The van der Waals surface area contributed by atoms with E-state index < -0.39 is 5.97 Å². The molecule has 0 amide bonds. The van der Waals surface area contributed by atoms with Crippen molar-refractivity contribution in [2.24, 2.45) is 0 Å². The summed E-state index contributed by atoms with van der Waals surface area (Å²) < 4.78 is 27.2. The first-order chi connectivity index (χ1) is 15.5. The average Bonchev–Trinajstić information content (AvgIpc) is 3.11. The molecule has 0 radical (unpaired) electrons. The molecule has 1 heterocycles. The number of hydrogen-bond acceptors (Lipinski definition) is 7. The maximum Gasteiger partial charge on any atom is 0.330 e. The fourth-order valence-electron chi connectivity index (χ4n) is 2.98. The number of benzene rings is 2. The van der Waals surface area contributed by atoms with E-state index in [1.165, 1.54) is 6.08 Å². The Hall–Kier alpha value is -3.74. The van der Waals surface area contributed by atoms with Crippen LogP contribution in [0.25, 0.3) is 6.08 Å². The first kappa shape index (κ1) is 22.9. The van der Waals surface area contributed by atoms with Crippen LogP contribution in [0.3, 0.4) is 0 Å². The van der Waals surface area contributed by atoms with E-state index in [1.807, 2.05) is 51.1 Å². The minimum Gasteiger partial charge on any atom is -0.493 e. The molecule has 7 heteroatoms. The van der Waals surface area contributed by atoms with E-state index in [0.717, 1.165) is 33.9 Å². The predicted octanol–water partition coefficient (Wildman–Crippen LogP) is 4.82. The van der Waals surface area contributed by atoms with Crippen LogP contribution in [0, 0.1) is 20.8 Å². The molecule has 0 atom stereocenters. The van der Waals surface area contributed by atoms with Crippen LogP contribution in [0.1, 0.15) is 28.1 Å². The summed E-state index contributed by atoms with van der Waals surface area (Å²) in [6, 6.07) is 13.1. The number of methoxy groups -OCH3 is 1. The Kier molecular flexibility index (Phi) is 7.91. The molecule has 32 heavy (non-hydrogen) atoms. The minimum absolute atomic E-state index is 0.162. The molecule has 0 spiro atoms. The number of aromatic nitrogens is 1. The van der Waals surface area contributed by atoms with Crippen LogP contribution in [0.4, 0.5) is 0 Å². The molecule has 0 aliphatic rings. The number of hydrogen-bond donors (Lipinski definition) is 0. The average molecular weight is 437 g/mol. The van der Waals surface area contributed by atoms with Crippen LogP contribution in [0.5, 0.6) is 17.2 Å². The van der Waals surface area contributed by atoms with Gasteiger partial charge in [-0.1, -0.05) is 23.4 Å². The Morgan fingerprint density at radius 1 is 1.03 bits per heavy atom. The number of carbonyl (C=O) groups is 1. The normalized spacial score (nSPS) is 10.9. The zero-order valence-corrected chi connectivity index (χ0v) is 18.7. The molecule has 3 rings (SSSR count). The van der Waals surface area contributed by atoms with E-state index in [9.17, 15) is 4.79 Å². The molecule has 0 saturated carbocycles. The second-order valence-electron chi connectivity index (χ2n) is 7.17. The van der Waals surface area contributed by atoms with Crippen molar-refractivity contribution >= 4 is 12.0 Å². The van der Waals surface area contributed by atoms with Crippen molar-refractivity contribution in [1.82, 2.24) is 5.16 Å². The molecule has 7 nitrogen and oxygen atoms in total. The molecule has 0 unspecified atom stereocenters. The molecule has 0 aliphatic heterocycles. The Bertz CT molecular complexity index is 1070. The third-order valence-corrected chi connectivity index (χ3v) is 4.74. The summed E-state index contributed by atoms with van der Waals surface area (Å²) in [5.41, 5.74) is 3.59. The van der Waals surface area contributed by atoms with Gasteiger partial charge in [0, 0.05) is 6.08 Å². The molecular weight excluding hydrogens is 410 g/mol. The number of esters is 1. The number of aryl methyl sites for hydroxylation is 3. The van der Waals surface area contributed by atoms with Gasteiger partial charge in [-0.2, -0.15) is 0 Å². The molecule has 0 fully saturated rings. The van der Waals surface area contributed by atoms with Crippen LogP contribution in [-0.4, -0.2) is 31.4 Å². The standard InChI is InChI=1S/C25H27NO6/c1-17-6-5-7-21(14-17)29-12-13-30-25(27)11-9-20-8-10-23(24(15-20)28-4)31-16-22-18(2)26-32-19(22)3/h5-11,14-15H,12-13,16H2,1-4H3/b11-9+. The number of rotatable bonds is 10. The van der Waals surface area contributed by atoms with E-state index in [2.05, 4.69) is 5.16 Å². The Morgan fingerprint density at radius 3 is 2.59 bits per heavy atom. The molecule has 0 saturated heterocycles. The van der Waals surface area contributed by atoms with Gasteiger partial charge in [0.1, 0.15) is 31.3 Å². The van der Waals surface area contributed by atoms with Gasteiger partial charge in [-0.25, -0.2) is 4.79 Å². The van der Waals surface area contributed by atoms with Gasteiger partial charge in [-0.3, -0.25) is 0 Å². The van der Waals surface area contributed by atoms with Crippen molar-refractivity contribution in [1.29, 1.82) is 0 Å². The van der Waals surface area contributed by atoms with Crippen molar-refractivity contribution in [2.45, 2.75) is 27.4 Å². The number of carbonyl (C=O) groups excluding carboxylic acids is 1. The van der Waals surface area contributed by atoms with Crippen molar-refractivity contribution in [3.63, 3.8) is 0 Å².